The molecule has 0 aliphatic rings. The number of alkyl carbamates (subject to hydrolysis) is 1. The van der Waals surface area contributed by atoms with E-state index in [9.17, 15) is 9.59 Å². The molecular weight excluding hydrogens is 443 g/mol. The van der Waals surface area contributed by atoms with Crippen molar-refractivity contribution in [2.45, 2.75) is 81.2 Å². The average molecular weight is 476 g/mol. The lowest BCUT2D eigenvalue weighted by molar-refractivity contribution is -0.120. The van der Waals surface area contributed by atoms with Gasteiger partial charge in [0.05, 0.1) is 18.7 Å². The van der Waals surface area contributed by atoms with Gasteiger partial charge in [0.15, 0.2) is 8.32 Å². The third kappa shape index (κ3) is 9.83. The molecule has 0 spiro atoms. The van der Waals surface area contributed by atoms with Crippen molar-refractivity contribution in [1.82, 2.24) is 10.6 Å². The molecule has 0 aromatic carbocycles. The van der Waals surface area contributed by atoms with Gasteiger partial charge in [-0.15, -0.1) is 6.58 Å². The molecule has 0 aliphatic carbocycles. The molecule has 0 unspecified atom stereocenters. The maximum Gasteiger partial charge on any atom is 0.408 e. The molecule has 6 nitrogen and oxygen atoms in total. The highest BCUT2D eigenvalue weighted by molar-refractivity contribution is 6.76. The molecule has 0 saturated carbocycles. The number of alkyl halides is 3. The number of hydrogen-bond acceptors (Lipinski definition) is 4. The Balaban J connectivity index is 5.49. The third-order valence-electron chi connectivity index (χ3n) is 4.37. The van der Waals surface area contributed by atoms with Gasteiger partial charge >= 0.3 is 6.09 Å². The van der Waals surface area contributed by atoms with Gasteiger partial charge in [-0.2, -0.15) is 0 Å². The summed E-state index contributed by atoms with van der Waals surface area (Å²) in [4.78, 5) is 24.4. The van der Waals surface area contributed by atoms with E-state index < -0.39 is 41.8 Å². The zero-order chi connectivity index (χ0) is 22.6. The summed E-state index contributed by atoms with van der Waals surface area (Å²) in [6.07, 6.45) is 0.803. The molecule has 2 amide bonds. The molecule has 10 heteroatoms. The highest BCUT2D eigenvalue weighted by Gasteiger charge is 2.39. The van der Waals surface area contributed by atoms with Crippen molar-refractivity contribution >= 4 is 55.1 Å². The molecular formula is C18H33Cl3N2O4Si. The normalized spacial score (nSPS) is 15.4. The lowest BCUT2D eigenvalue weighted by Crippen LogP contribution is -2.57. The van der Waals surface area contributed by atoms with Crippen LogP contribution in [0.15, 0.2) is 12.7 Å². The van der Waals surface area contributed by atoms with Crippen molar-refractivity contribution in [2.24, 2.45) is 0 Å². The lowest BCUT2D eigenvalue weighted by atomic mass is 10.1. The minimum atomic E-state index is -2.14. The monoisotopic (exact) mass is 474 g/mol. The summed E-state index contributed by atoms with van der Waals surface area (Å²) in [5.41, 5.74) is -0.681. The van der Waals surface area contributed by atoms with E-state index in [-0.39, 0.29) is 11.6 Å². The molecule has 0 saturated heterocycles. The molecule has 0 fully saturated rings. The Bertz CT molecular complexity index is 567. The number of carbonyl (C=O) groups is 2. The quantitative estimate of drug-likeness (QED) is 0.310. The predicted octanol–water partition coefficient (Wildman–Crippen LogP) is 4.94. The average Bonchev–Trinajstić information content (AvgIpc) is 2.44. The summed E-state index contributed by atoms with van der Waals surface area (Å²) < 4.78 is 9.38. The first-order chi connectivity index (χ1) is 12.3. The molecule has 2 atom stereocenters. The first-order valence-corrected chi connectivity index (χ1v) is 13.0. The van der Waals surface area contributed by atoms with Gasteiger partial charge in [0.1, 0.15) is 5.60 Å². The van der Waals surface area contributed by atoms with E-state index in [4.69, 9.17) is 44.0 Å². The van der Waals surface area contributed by atoms with Gasteiger partial charge in [-0.05, 0) is 38.9 Å². The van der Waals surface area contributed by atoms with Gasteiger partial charge in [0, 0.05) is 0 Å². The van der Waals surface area contributed by atoms with Gasteiger partial charge in [0.2, 0.25) is 0 Å². The first kappa shape index (κ1) is 27.5. The number of ether oxygens (including phenoxy) is 1. The zero-order valence-electron chi connectivity index (χ0n) is 17.9. The Morgan fingerprint density at radius 2 is 1.57 bits per heavy atom. The number of amides is 2. The zero-order valence-corrected chi connectivity index (χ0v) is 21.2. The number of rotatable bonds is 7. The number of nitrogens with one attached hydrogen (secondary N) is 2. The Labute approximate surface area is 184 Å². The summed E-state index contributed by atoms with van der Waals surface area (Å²) in [7, 11) is -2.12. The van der Waals surface area contributed by atoms with Crippen LogP contribution in [0.2, 0.25) is 18.1 Å². The SMILES string of the molecule is C=C[C@@H](NC(=O)C(Cl)(Cl)Cl)[C@H](CO[Si](C)(C)C(C)(C)C)NC(=O)OC(C)(C)C. The summed E-state index contributed by atoms with van der Waals surface area (Å²) >= 11 is 16.9. The fourth-order valence-electron chi connectivity index (χ4n) is 1.77. The van der Waals surface area contributed by atoms with E-state index in [0.717, 1.165) is 0 Å². The van der Waals surface area contributed by atoms with Crippen molar-refractivity contribution in [3.8, 4) is 0 Å². The maximum atomic E-state index is 12.3. The molecule has 0 aromatic heterocycles. The Kier molecular flexibility index (Phi) is 9.85. The van der Waals surface area contributed by atoms with E-state index in [0.29, 0.717) is 0 Å². The molecule has 28 heavy (non-hydrogen) atoms. The van der Waals surface area contributed by atoms with E-state index in [1.165, 1.54) is 6.08 Å². The van der Waals surface area contributed by atoms with Crippen LogP contribution >= 0.6 is 34.8 Å². The maximum absolute atomic E-state index is 12.3. The van der Waals surface area contributed by atoms with Crippen LogP contribution in [0.5, 0.6) is 0 Å². The second kappa shape index (κ2) is 10.0. The van der Waals surface area contributed by atoms with E-state index >= 15 is 0 Å². The van der Waals surface area contributed by atoms with E-state index in [1.807, 2.05) is 0 Å². The van der Waals surface area contributed by atoms with Crippen LogP contribution in [0, 0.1) is 0 Å². The summed E-state index contributed by atoms with van der Waals surface area (Å²) in [5.74, 6) is -0.828. The minimum Gasteiger partial charge on any atom is -0.444 e. The van der Waals surface area contributed by atoms with Crippen molar-refractivity contribution in [3.63, 3.8) is 0 Å². The van der Waals surface area contributed by atoms with Gasteiger partial charge in [0.25, 0.3) is 9.70 Å². The van der Waals surface area contributed by atoms with Crippen LogP contribution in [0.4, 0.5) is 4.79 Å². The highest BCUT2D eigenvalue weighted by atomic mass is 35.6. The van der Waals surface area contributed by atoms with Crippen LogP contribution < -0.4 is 10.6 Å². The Morgan fingerprint density at radius 1 is 1.07 bits per heavy atom. The van der Waals surface area contributed by atoms with Crippen molar-refractivity contribution in [3.05, 3.63) is 12.7 Å². The van der Waals surface area contributed by atoms with Crippen molar-refractivity contribution in [1.29, 1.82) is 0 Å². The van der Waals surface area contributed by atoms with Gasteiger partial charge < -0.3 is 19.8 Å². The van der Waals surface area contributed by atoms with Crippen molar-refractivity contribution in [2.75, 3.05) is 6.61 Å². The smallest absolute Gasteiger partial charge is 0.408 e. The second-order valence-corrected chi connectivity index (χ2v) is 16.1. The Morgan fingerprint density at radius 3 is 1.93 bits per heavy atom. The highest BCUT2D eigenvalue weighted by Crippen LogP contribution is 2.36. The fraction of sp³-hybridized carbons (Fsp3) is 0.778. The van der Waals surface area contributed by atoms with E-state index in [2.05, 4.69) is 51.1 Å². The van der Waals surface area contributed by atoms with Crippen molar-refractivity contribution < 1.29 is 18.8 Å². The fourth-order valence-corrected chi connectivity index (χ4v) is 2.96. The van der Waals surface area contributed by atoms with E-state index in [1.54, 1.807) is 20.8 Å². The van der Waals surface area contributed by atoms with Crippen LogP contribution in [-0.4, -0.2) is 48.4 Å². The van der Waals surface area contributed by atoms with Gasteiger partial charge in [-0.25, -0.2) is 4.79 Å². The molecule has 0 rings (SSSR count). The third-order valence-corrected chi connectivity index (χ3v) is 9.39. The second-order valence-electron chi connectivity index (χ2n) is 9.06. The van der Waals surface area contributed by atoms with Gasteiger partial charge in [-0.1, -0.05) is 61.7 Å². The lowest BCUT2D eigenvalue weighted by Gasteiger charge is -2.38. The summed E-state index contributed by atoms with van der Waals surface area (Å²) in [6, 6.07) is -1.40. The van der Waals surface area contributed by atoms with Crippen LogP contribution in [0.25, 0.3) is 0 Å². The minimum absolute atomic E-state index is 0.0338. The van der Waals surface area contributed by atoms with Crippen LogP contribution in [-0.2, 0) is 14.0 Å². The van der Waals surface area contributed by atoms with Crippen LogP contribution in [0.3, 0.4) is 0 Å². The number of hydrogen-bond donors (Lipinski definition) is 2. The topological polar surface area (TPSA) is 76.7 Å². The summed E-state index contributed by atoms with van der Waals surface area (Å²) in [6.45, 7) is 19.6. The molecule has 0 heterocycles. The first-order valence-electron chi connectivity index (χ1n) is 8.94. The molecule has 2 N–H and O–H groups in total. The standard InChI is InChI=1S/C18H33Cl3N2O4Si/c1-10-12(22-14(24)18(19,20)21)13(23-15(25)27-16(2,3)4)11-26-28(8,9)17(5,6)7/h10,12-13H,1,11H2,2-9H3,(H,22,24)(H,23,25)/t12-,13+/m1/s1. The number of halogens is 3. The Hall–Kier alpha value is -0.473. The van der Waals surface area contributed by atoms with Gasteiger partial charge in [-0.3, -0.25) is 4.79 Å². The molecule has 0 aromatic rings. The summed E-state index contributed by atoms with van der Waals surface area (Å²) in [5, 5.41) is 5.25. The largest absolute Gasteiger partial charge is 0.444 e. The molecule has 164 valence electrons. The number of carbonyl (C=O) groups excluding carboxylic acids is 2. The predicted molar refractivity (Wildman–Crippen MR) is 119 cm³/mol. The molecule has 0 bridgehead atoms. The molecule has 0 radical (unpaired) electrons. The molecule has 0 aliphatic heterocycles. The van der Waals surface area contributed by atoms with Crippen LogP contribution in [0.1, 0.15) is 41.5 Å².